The van der Waals surface area contributed by atoms with Crippen molar-refractivity contribution in [3.05, 3.63) is 12.7 Å². The Bertz CT molecular complexity index is 240. The quantitative estimate of drug-likeness (QED) is 0.716. The molecule has 1 amide bonds. The molecule has 15 heavy (non-hydrogen) atoms. The van der Waals surface area contributed by atoms with Crippen molar-refractivity contribution in [2.45, 2.75) is 26.7 Å². The van der Waals surface area contributed by atoms with Crippen LogP contribution in [0.15, 0.2) is 12.7 Å². The van der Waals surface area contributed by atoms with Crippen LogP contribution in [-0.2, 0) is 4.79 Å². The minimum atomic E-state index is 0.0546. The fourth-order valence-corrected chi connectivity index (χ4v) is 2.18. The summed E-state index contributed by atoms with van der Waals surface area (Å²) in [5.74, 6) is 0.690. The van der Waals surface area contributed by atoms with Gasteiger partial charge in [0.05, 0.1) is 0 Å². The molecule has 0 saturated carbocycles. The third-order valence-electron chi connectivity index (χ3n) is 3.61. The predicted octanol–water partition coefficient (Wildman–Crippen LogP) is 1.40. The number of piperidine rings is 1. The first-order valence-corrected chi connectivity index (χ1v) is 5.62. The van der Waals surface area contributed by atoms with E-state index in [1.807, 2.05) is 4.90 Å². The third-order valence-corrected chi connectivity index (χ3v) is 3.61. The van der Waals surface area contributed by atoms with E-state index < -0.39 is 0 Å². The zero-order valence-corrected chi connectivity index (χ0v) is 9.83. The summed E-state index contributed by atoms with van der Waals surface area (Å²) in [6.45, 7) is 10.3. The Kier molecular flexibility index (Phi) is 3.91. The van der Waals surface area contributed by atoms with Gasteiger partial charge in [-0.25, -0.2) is 0 Å². The Labute approximate surface area is 92.3 Å². The first-order valence-electron chi connectivity index (χ1n) is 5.62. The highest BCUT2D eigenvalue weighted by molar-refractivity contribution is 5.87. The summed E-state index contributed by atoms with van der Waals surface area (Å²) < 4.78 is 0. The maximum atomic E-state index is 11.4. The molecule has 0 aromatic heterocycles. The Morgan fingerprint density at radius 3 is 2.47 bits per heavy atom. The lowest BCUT2D eigenvalue weighted by atomic mass is 9.74. The van der Waals surface area contributed by atoms with Crippen LogP contribution < -0.4 is 5.73 Å². The van der Waals surface area contributed by atoms with E-state index in [9.17, 15) is 4.79 Å². The standard InChI is InChI=1S/C12H22N2O/c1-4-11(15)14-7-5-10(6-8-14)12(2,3)9-13/h4,10H,1,5-9,13H2,2-3H3. The largest absolute Gasteiger partial charge is 0.339 e. The molecule has 0 bridgehead atoms. The molecule has 1 heterocycles. The van der Waals surface area contributed by atoms with E-state index in [2.05, 4.69) is 20.4 Å². The maximum Gasteiger partial charge on any atom is 0.245 e. The van der Waals surface area contributed by atoms with Crippen LogP contribution >= 0.6 is 0 Å². The summed E-state index contributed by atoms with van der Waals surface area (Å²) >= 11 is 0. The summed E-state index contributed by atoms with van der Waals surface area (Å²) in [7, 11) is 0. The number of hydrogen-bond donors (Lipinski definition) is 1. The summed E-state index contributed by atoms with van der Waals surface area (Å²) in [4.78, 5) is 13.2. The Hall–Kier alpha value is -0.830. The summed E-state index contributed by atoms with van der Waals surface area (Å²) in [6.07, 6.45) is 3.52. The number of amides is 1. The lowest BCUT2D eigenvalue weighted by Gasteiger charge is -2.39. The van der Waals surface area contributed by atoms with Crippen molar-refractivity contribution >= 4 is 5.91 Å². The fourth-order valence-electron chi connectivity index (χ4n) is 2.18. The van der Waals surface area contributed by atoms with E-state index in [1.165, 1.54) is 6.08 Å². The van der Waals surface area contributed by atoms with Gasteiger partial charge in [0.2, 0.25) is 5.91 Å². The van der Waals surface area contributed by atoms with Gasteiger partial charge in [-0.05, 0) is 36.8 Å². The summed E-state index contributed by atoms with van der Waals surface area (Å²) in [5, 5.41) is 0. The molecule has 1 fully saturated rings. The molecular weight excluding hydrogens is 188 g/mol. The van der Waals surface area contributed by atoms with Crippen molar-refractivity contribution in [1.82, 2.24) is 4.90 Å². The van der Waals surface area contributed by atoms with E-state index in [0.29, 0.717) is 12.5 Å². The van der Waals surface area contributed by atoms with Gasteiger partial charge in [0.25, 0.3) is 0 Å². The molecule has 3 nitrogen and oxygen atoms in total. The zero-order chi connectivity index (χ0) is 11.5. The smallest absolute Gasteiger partial charge is 0.245 e. The molecule has 3 heteroatoms. The molecule has 0 aromatic rings. The van der Waals surface area contributed by atoms with Crippen LogP contribution in [0.4, 0.5) is 0 Å². The van der Waals surface area contributed by atoms with Crippen LogP contribution in [0.2, 0.25) is 0 Å². The Morgan fingerprint density at radius 2 is 2.07 bits per heavy atom. The summed E-state index contributed by atoms with van der Waals surface area (Å²) in [6, 6.07) is 0. The average molecular weight is 210 g/mol. The van der Waals surface area contributed by atoms with Gasteiger partial charge in [0.1, 0.15) is 0 Å². The molecule has 0 aliphatic carbocycles. The number of rotatable bonds is 3. The second kappa shape index (κ2) is 4.79. The van der Waals surface area contributed by atoms with Crippen molar-refractivity contribution in [3.8, 4) is 0 Å². The van der Waals surface area contributed by atoms with Crippen molar-refractivity contribution in [1.29, 1.82) is 0 Å². The lowest BCUT2D eigenvalue weighted by molar-refractivity contribution is -0.127. The minimum absolute atomic E-state index is 0.0546. The molecule has 0 aromatic carbocycles. The molecule has 1 aliphatic heterocycles. The van der Waals surface area contributed by atoms with E-state index in [4.69, 9.17) is 5.73 Å². The second-order valence-corrected chi connectivity index (χ2v) is 5.00. The molecule has 0 atom stereocenters. The number of carbonyl (C=O) groups is 1. The first kappa shape index (κ1) is 12.2. The van der Waals surface area contributed by atoms with Crippen molar-refractivity contribution in [3.63, 3.8) is 0 Å². The van der Waals surface area contributed by atoms with Crippen LogP contribution in [0, 0.1) is 11.3 Å². The normalized spacial score (nSPS) is 19.0. The van der Waals surface area contributed by atoms with Gasteiger partial charge in [-0.15, -0.1) is 0 Å². The van der Waals surface area contributed by atoms with Gasteiger partial charge in [-0.3, -0.25) is 4.79 Å². The van der Waals surface area contributed by atoms with Gasteiger partial charge in [0, 0.05) is 13.1 Å². The monoisotopic (exact) mass is 210 g/mol. The highest BCUT2D eigenvalue weighted by Gasteiger charge is 2.31. The third kappa shape index (κ3) is 2.81. The fraction of sp³-hybridized carbons (Fsp3) is 0.750. The molecular formula is C12H22N2O. The van der Waals surface area contributed by atoms with Crippen LogP contribution in [-0.4, -0.2) is 30.4 Å². The minimum Gasteiger partial charge on any atom is -0.339 e. The van der Waals surface area contributed by atoms with E-state index in [-0.39, 0.29) is 11.3 Å². The molecule has 0 radical (unpaired) electrons. The van der Waals surface area contributed by atoms with Crippen LogP contribution in [0.3, 0.4) is 0 Å². The highest BCUT2D eigenvalue weighted by atomic mass is 16.2. The van der Waals surface area contributed by atoms with Crippen molar-refractivity contribution < 1.29 is 4.79 Å². The van der Waals surface area contributed by atoms with Crippen molar-refractivity contribution in [2.24, 2.45) is 17.1 Å². The molecule has 1 aliphatic rings. The van der Waals surface area contributed by atoms with Gasteiger partial charge in [-0.2, -0.15) is 0 Å². The van der Waals surface area contributed by atoms with E-state index in [0.717, 1.165) is 25.9 Å². The van der Waals surface area contributed by atoms with E-state index in [1.54, 1.807) is 0 Å². The van der Waals surface area contributed by atoms with Gasteiger partial charge in [-0.1, -0.05) is 20.4 Å². The zero-order valence-electron chi connectivity index (χ0n) is 9.83. The lowest BCUT2D eigenvalue weighted by Crippen LogP contribution is -2.43. The van der Waals surface area contributed by atoms with Gasteiger partial charge in [0.15, 0.2) is 0 Å². The van der Waals surface area contributed by atoms with Crippen LogP contribution in [0.1, 0.15) is 26.7 Å². The molecule has 86 valence electrons. The predicted molar refractivity (Wildman–Crippen MR) is 62.3 cm³/mol. The Morgan fingerprint density at radius 1 is 1.53 bits per heavy atom. The number of hydrogen-bond acceptors (Lipinski definition) is 2. The van der Waals surface area contributed by atoms with Crippen LogP contribution in [0.5, 0.6) is 0 Å². The van der Waals surface area contributed by atoms with Crippen molar-refractivity contribution in [2.75, 3.05) is 19.6 Å². The summed E-state index contributed by atoms with van der Waals surface area (Å²) in [5.41, 5.74) is 5.96. The van der Waals surface area contributed by atoms with E-state index >= 15 is 0 Å². The molecule has 0 spiro atoms. The number of carbonyl (C=O) groups excluding carboxylic acids is 1. The SMILES string of the molecule is C=CC(=O)N1CCC(C(C)(C)CN)CC1. The molecule has 1 saturated heterocycles. The topological polar surface area (TPSA) is 46.3 Å². The van der Waals surface area contributed by atoms with Crippen LogP contribution in [0.25, 0.3) is 0 Å². The maximum absolute atomic E-state index is 11.4. The molecule has 2 N–H and O–H groups in total. The second-order valence-electron chi connectivity index (χ2n) is 5.00. The number of likely N-dealkylation sites (tertiary alicyclic amines) is 1. The van der Waals surface area contributed by atoms with Gasteiger partial charge < -0.3 is 10.6 Å². The average Bonchev–Trinajstić information content (AvgIpc) is 2.28. The highest BCUT2D eigenvalue weighted by Crippen LogP contribution is 2.33. The molecule has 1 rings (SSSR count). The number of nitrogens with two attached hydrogens (primary N) is 1. The van der Waals surface area contributed by atoms with Gasteiger partial charge >= 0.3 is 0 Å². The first-order chi connectivity index (χ1) is 7.01. The molecule has 0 unspecified atom stereocenters. The Balaban J connectivity index is 2.49. The number of nitrogens with zero attached hydrogens (tertiary/aromatic N) is 1.